The first-order valence-electron chi connectivity index (χ1n) is 10.8. The van der Waals surface area contributed by atoms with E-state index in [4.69, 9.17) is 9.15 Å². The zero-order valence-electron chi connectivity index (χ0n) is 18.1. The van der Waals surface area contributed by atoms with Gasteiger partial charge in [-0.05, 0) is 25.0 Å². The maximum absolute atomic E-state index is 12.7. The second-order valence-corrected chi connectivity index (χ2v) is 7.21. The molecule has 2 aromatic rings. The fourth-order valence-electron chi connectivity index (χ4n) is 2.92. The first kappa shape index (κ1) is 23.4. The predicted molar refractivity (Wildman–Crippen MR) is 115 cm³/mol. The summed E-state index contributed by atoms with van der Waals surface area (Å²) in [5.74, 6) is 0.604. The van der Waals surface area contributed by atoms with E-state index in [0.29, 0.717) is 24.7 Å². The lowest BCUT2D eigenvalue weighted by atomic mass is 10.2. The van der Waals surface area contributed by atoms with Crippen molar-refractivity contribution in [3.05, 3.63) is 48.2 Å². The van der Waals surface area contributed by atoms with E-state index in [1.165, 1.54) is 6.26 Å². The van der Waals surface area contributed by atoms with Crippen LogP contribution in [0.25, 0.3) is 0 Å². The number of para-hydroxylation sites is 1. The second-order valence-electron chi connectivity index (χ2n) is 7.21. The maximum atomic E-state index is 12.7. The van der Waals surface area contributed by atoms with Crippen LogP contribution in [0.1, 0.15) is 68.8 Å². The van der Waals surface area contributed by atoms with E-state index in [0.717, 1.165) is 38.5 Å². The van der Waals surface area contributed by atoms with Crippen molar-refractivity contribution in [1.82, 2.24) is 15.2 Å². The van der Waals surface area contributed by atoms with E-state index in [1.807, 2.05) is 30.3 Å². The lowest BCUT2D eigenvalue weighted by molar-refractivity contribution is -0.134. The molecule has 1 heterocycles. The number of hydrogen-bond donors (Lipinski definition) is 1. The molecule has 164 valence electrons. The molecule has 0 saturated carbocycles. The van der Waals surface area contributed by atoms with Crippen LogP contribution < -0.4 is 10.1 Å². The Hall–Kier alpha value is -2.83. The van der Waals surface area contributed by atoms with Crippen molar-refractivity contribution in [2.75, 3.05) is 19.7 Å². The number of benzene rings is 1. The Morgan fingerprint density at radius 3 is 2.53 bits per heavy atom. The molecule has 0 saturated heterocycles. The molecule has 7 heteroatoms. The molecule has 0 aliphatic rings. The summed E-state index contributed by atoms with van der Waals surface area (Å²) in [6.07, 6.45) is 7.43. The summed E-state index contributed by atoms with van der Waals surface area (Å²) in [6, 6.07) is 9.25. The summed E-state index contributed by atoms with van der Waals surface area (Å²) >= 11 is 0. The van der Waals surface area contributed by atoms with E-state index in [1.54, 1.807) is 4.90 Å². The maximum Gasteiger partial charge on any atom is 0.273 e. The highest BCUT2D eigenvalue weighted by atomic mass is 16.5. The van der Waals surface area contributed by atoms with Gasteiger partial charge < -0.3 is 19.4 Å². The molecule has 2 rings (SSSR count). The lowest BCUT2D eigenvalue weighted by Crippen LogP contribution is -2.35. The molecular weight excluding hydrogens is 382 g/mol. The van der Waals surface area contributed by atoms with Crippen molar-refractivity contribution in [3.8, 4) is 5.75 Å². The van der Waals surface area contributed by atoms with Gasteiger partial charge in [0.05, 0.1) is 6.54 Å². The molecule has 0 spiro atoms. The van der Waals surface area contributed by atoms with Crippen molar-refractivity contribution in [1.29, 1.82) is 0 Å². The summed E-state index contributed by atoms with van der Waals surface area (Å²) in [4.78, 5) is 30.8. The Morgan fingerprint density at radius 2 is 1.80 bits per heavy atom. The third kappa shape index (κ3) is 8.27. The highest BCUT2D eigenvalue weighted by Crippen LogP contribution is 2.11. The summed E-state index contributed by atoms with van der Waals surface area (Å²) in [6.45, 7) is 5.60. The van der Waals surface area contributed by atoms with Gasteiger partial charge >= 0.3 is 0 Å². The van der Waals surface area contributed by atoms with Gasteiger partial charge in [-0.15, -0.1) is 0 Å². The average Bonchev–Trinajstić information content (AvgIpc) is 3.24. The number of rotatable bonds is 14. The van der Waals surface area contributed by atoms with Crippen molar-refractivity contribution >= 4 is 11.8 Å². The first-order chi connectivity index (χ1) is 14.6. The fraction of sp³-hybridized carbons (Fsp3) is 0.522. The average molecular weight is 416 g/mol. The van der Waals surface area contributed by atoms with E-state index in [-0.39, 0.29) is 30.7 Å². The summed E-state index contributed by atoms with van der Waals surface area (Å²) in [7, 11) is 0. The Bertz CT molecular complexity index is 761. The topological polar surface area (TPSA) is 84.7 Å². The first-order valence-corrected chi connectivity index (χ1v) is 10.8. The highest BCUT2D eigenvalue weighted by molar-refractivity contribution is 5.91. The molecule has 0 atom stereocenters. The number of unbranched alkanes of at least 4 members (excludes halogenated alkanes) is 4. The second kappa shape index (κ2) is 13.4. The number of nitrogens with one attached hydrogen (secondary N) is 1. The molecule has 2 amide bonds. The molecule has 0 fully saturated rings. The fourth-order valence-corrected chi connectivity index (χ4v) is 2.92. The Balaban J connectivity index is 1.92. The van der Waals surface area contributed by atoms with Crippen LogP contribution in [-0.4, -0.2) is 41.4 Å². The van der Waals surface area contributed by atoms with Gasteiger partial charge in [-0.1, -0.05) is 57.7 Å². The van der Waals surface area contributed by atoms with Gasteiger partial charge in [-0.3, -0.25) is 9.59 Å². The molecule has 0 radical (unpaired) electrons. The number of nitrogens with zero attached hydrogens (tertiary/aromatic N) is 2. The number of carbonyl (C=O) groups excluding carboxylic acids is 2. The van der Waals surface area contributed by atoms with Gasteiger partial charge in [0.15, 0.2) is 12.3 Å². The quantitative estimate of drug-likeness (QED) is 0.468. The Morgan fingerprint density at radius 1 is 1.07 bits per heavy atom. The SMILES string of the molecule is CCCCCNC(=O)c1coc(CN(CCCCC)C(=O)COc2ccccc2)n1. The van der Waals surface area contributed by atoms with Crippen molar-refractivity contribution in [2.24, 2.45) is 0 Å². The van der Waals surface area contributed by atoms with E-state index >= 15 is 0 Å². The van der Waals surface area contributed by atoms with E-state index < -0.39 is 0 Å². The van der Waals surface area contributed by atoms with Crippen LogP contribution in [0.2, 0.25) is 0 Å². The minimum atomic E-state index is -0.252. The lowest BCUT2D eigenvalue weighted by Gasteiger charge is -2.21. The molecule has 0 aliphatic carbocycles. The Kier molecular flexibility index (Phi) is 10.5. The molecule has 0 aliphatic heterocycles. The monoisotopic (exact) mass is 415 g/mol. The van der Waals surface area contributed by atoms with E-state index in [2.05, 4.69) is 24.1 Å². The van der Waals surface area contributed by atoms with Crippen LogP contribution in [0.4, 0.5) is 0 Å². The van der Waals surface area contributed by atoms with Crippen molar-refractivity contribution in [3.63, 3.8) is 0 Å². The molecule has 30 heavy (non-hydrogen) atoms. The van der Waals surface area contributed by atoms with Crippen LogP contribution in [0.5, 0.6) is 5.75 Å². The van der Waals surface area contributed by atoms with Crippen LogP contribution in [-0.2, 0) is 11.3 Å². The number of amides is 2. The molecule has 7 nitrogen and oxygen atoms in total. The number of ether oxygens (including phenoxy) is 1. The van der Waals surface area contributed by atoms with Crippen molar-refractivity contribution < 1.29 is 18.7 Å². The third-order valence-electron chi connectivity index (χ3n) is 4.67. The summed E-state index contributed by atoms with van der Waals surface area (Å²) in [5, 5.41) is 2.84. The number of carbonyl (C=O) groups is 2. The minimum Gasteiger partial charge on any atom is -0.484 e. The molecule has 1 N–H and O–H groups in total. The Labute approximate surface area is 178 Å². The van der Waals surface area contributed by atoms with E-state index in [9.17, 15) is 9.59 Å². The number of oxazole rings is 1. The molecule has 1 aromatic carbocycles. The van der Waals surface area contributed by atoms with Gasteiger partial charge in [0, 0.05) is 13.1 Å². The standard InChI is InChI=1S/C23H33N3O4/c1-3-5-10-14-24-23(28)20-17-30-21(25-20)16-26(15-11-6-4-2)22(27)18-29-19-12-8-7-9-13-19/h7-9,12-13,17H,3-6,10-11,14-16,18H2,1-2H3,(H,24,28). The normalized spacial score (nSPS) is 10.6. The molecule has 0 bridgehead atoms. The zero-order chi connectivity index (χ0) is 21.6. The minimum absolute atomic E-state index is 0.0539. The van der Waals surface area contributed by atoms with Crippen LogP contribution >= 0.6 is 0 Å². The summed E-state index contributed by atoms with van der Waals surface area (Å²) < 4.78 is 11.1. The molecule has 1 aromatic heterocycles. The predicted octanol–water partition coefficient (Wildman–Crippen LogP) is 4.19. The third-order valence-corrected chi connectivity index (χ3v) is 4.67. The van der Waals surface area contributed by atoms with Gasteiger partial charge in [-0.2, -0.15) is 0 Å². The number of aromatic nitrogens is 1. The molecule has 0 unspecified atom stereocenters. The van der Waals surface area contributed by atoms with Gasteiger partial charge in [0.2, 0.25) is 5.89 Å². The van der Waals surface area contributed by atoms with Gasteiger partial charge in [-0.25, -0.2) is 4.98 Å². The van der Waals surface area contributed by atoms with Crippen LogP contribution in [0.15, 0.2) is 41.0 Å². The van der Waals surface area contributed by atoms with Gasteiger partial charge in [0.25, 0.3) is 11.8 Å². The zero-order valence-corrected chi connectivity index (χ0v) is 18.1. The highest BCUT2D eigenvalue weighted by Gasteiger charge is 2.19. The van der Waals surface area contributed by atoms with Gasteiger partial charge in [0.1, 0.15) is 12.0 Å². The number of hydrogen-bond acceptors (Lipinski definition) is 5. The molecular formula is C23H33N3O4. The smallest absolute Gasteiger partial charge is 0.273 e. The van der Waals surface area contributed by atoms with Crippen LogP contribution in [0.3, 0.4) is 0 Å². The van der Waals surface area contributed by atoms with Crippen LogP contribution in [0, 0.1) is 0 Å². The summed E-state index contributed by atoms with van der Waals surface area (Å²) in [5.41, 5.74) is 0.239. The largest absolute Gasteiger partial charge is 0.484 e. The van der Waals surface area contributed by atoms with Crippen molar-refractivity contribution in [2.45, 2.75) is 58.9 Å².